The highest BCUT2D eigenvalue weighted by Crippen LogP contribution is 2.21. The number of benzene rings is 1. The summed E-state index contributed by atoms with van der Waals surface area (Å²) in [6.07, 6.45) is 0.811. The van der Waals surface area contributed by atoms with Crippen molar-refractivity contribution in [2.75, 3.05) is 18.5 Å². The van der Waals surface area contributed by atoms with Gasteiger partial charge in [-0.25, -0.2) is 8.78 Å². The van der Waals surface area contributed by atoms with Crippen LogP contribution in [-0.4, -0.2) is 24.7 Å². The molecule has 1 aromatic carbocycles. The molecule has 0 aliphatic carbocycles. The Morgan fingerprint density at radius 2 is 1.89 bits per heavy atom. The summed E-state index contributed by atoms with van der Waals surface area (Å²) in [6, 6.07) is 3.17. The molecule has 1 fully saturated rings. The average Bonchev–Trinajstić information content (AvgIpc) is 2.35. The minimum absolute atomic E-state index is 0. The number of carbonyl (C=O) groups excluding carboxylic acids is 1. The quantitative estimate of drug-likeness (QED) is 0.874. The van der Waals surface area contributed by atoms with Crippen LogP contribution in [0.15, 0.2) is 18.2 Å². The fraction of sp³-hybridized carbons (Fsp3) is 0.417. The van der Waals surface area contributed by atoms with Crippen molar-refractivity contribution in [1.29, 1.82) is 0 Å². The summed E-state index contributed by atoms with van der Waals surface area (Å²) in [5.41, 5.74) is 5.14. The molecule has 1 aliphatic rings. The Morgan fingerprint density at radius 3 is 2.47 bits per heavy atom. The summed E-state index contributed by atoms with van der Waals surface area (Å²) >= 11 is 0. The van der Waals surface area contributed by atoms with Crippen molar-refractivity contribution in [3.05, 3.63) is 29.8 Å². The van der Waals surface area contributed by atoms with Gasteiger partial charge in [0.15, 0.2) is 11.6 Å². The first-order chi connectivity index (χ1) is 8.51. The van der Waals surface area contributed by atoms with E-state index in [1.54, 1.807) is 0 Å². The maximum absolute atomic E-state index is 13.0. The lowest BCUT2D eigenvalue weighted by Gasteiger charge is -2.31. The fourth-order valence-electron chi connectivity index (χ4n) is 1.79. The molecule has 0 atom stereocenters. The molecule has 0 spiro atoms. The zero-order valence-electron chi connectivity index (χ0n) is 10.1. The number of hydrogen-bond donors (Lipinski definition) is 2. The van der Waals surface area contributed by atoms with E-state index < -0.39 is 23.1 Å². The zero-order chi connectivity index (χ0) is 13.2. The first-order valence-corrected chi connectivity index (χ1v) is 5.64. The SMILES string of the molecule is Cl.NC1(C(=O)Nc2ccc(F)c(F)c2)CCOCC1. The normalized spacial score (nSPS) is 17.4. The molecule has 106 valence electrons. The van der Waals surface area contributed by atoms with Crippen molar-refractivity contribution in [3.63, 3.8) is 0 Å². The first kappa shape index (κ1) is 15.8. The van der Waals surface area contributed by atoms with Gasteiger partial charge in [0.2, 0.25) is 5.91 Å². The van der Waals surface area contributed by atoms with Crippen molar-refractivity contribution in [2.45, 2.75) is 18.4 Å². The lowest BCUT2D eigenvalue weighted by Crippen LogP contribution is -2.54. The van der Waals surface area contributed by atoms with Gasteiger partial charge in [-0.1, -0.05) is 0 Å². The van der Waals surface area contributed by atoms with E-state index in [2.05, 4.69) is 5.32 Å². The number of amides is 1. The van der Waals surface area contributed by atoms with Crippen LogP contribution in [0.25, 0.3) is 0 Å². The van der Waals surface area contributed by atoms with E-state index in [0.29, 0.717) is 26.1 Å². The van der Waals surface area contributed by atoms with Crippen LogP contribution in [0.4, 0.5) is 14.5 Å². The number of hydrogen-bond acceptors (Lipinski definition) is 3. The molecule has 19 heavy (non-hydrogen) atoms. The maximum Gasteiger partial charge on any atom is 0.244 e. The second-order valence-electron chi connectivity index (χ2n) is 4.35. The Balaban J connectivity index is 0.00000180. The van der Waals surface area contributed by atoms with E-state index in [-0.39, 0.29) is 18.1 Å². The number of nitrogens with two attached hydrogens (primary N) is 1. The zero-order valence-corrected chi connectivity index (χ0v) is 10.9. The van der Waals surface area contributed by atoms with Gasteiger partial charge in [-0.15, -0.1) is 12.4 Å². The van der Waals surface area contributed by atoms with Crippen molar-refractivity contribution >= 4 is 24.0 Å². The van der Waals surface area contributed by atoms with Crippen LogP contribution in [0.1, 0.15) is 12.8 Å². The van der Waals surface area contributed by atoms with E-state index in [4.69, 9.17) is 10.5 Å². The van der Waals surface area contributed by atoms with Gasteiger partial charge >= 0.3 is 0 Å². The van der Waals surface area contributed by atoms with E-state index in [0.717, 1.165) is 12.1 Å². The maximum atomic E-state index is 13.0. The van der Waals surface area contributed by atoms with Crippen LogP contribution in [0.5, 0.6) is 0 Å². The molecule has 7 heteroatoms. The predicted octanol–water partition coefficient (Wildman–Crippen LogP) is 1.83. The number of anilines is 1. The summed E-state index contributed by atoms with van der Waals surface area (Å²) < 4.78 is 30.9. The first-order valence-electron chi connectivity index (χ1n) is 5.64. The van der Waals surface area contributed by atoms with Gasteiger partial charge in [0, 0.05) is 25.0 Å². The average molecular weight is 293 g/mol. The summed E-state index contributed by atoms with van der Waals surface area (Å²) in [4.78, 5) is 12.0. The molecule has 0 bridgehead atoms. The topological polar surface area (TPSA) is 64.4 Å². The number of halogens is 3. The highest BCUT2D eigenvalue weighted by molar-refractivity contribution is 5.98. The Labute approximate surface area is 115 Å². The number of carbonyl (C=O) groups is 1. The standard InChI is InChI=1S/C12H14F2N2O2.ClH/c13-9-2-1-8(7-10(9)14)16-11(17)12(15)3-5-18-6-4-12;/h1-2,7H,3-6,15H2,(H,16,17);1H. The van der Waals surface area contributed by atoms with E-state index in [1.807, 2.05) is 0 Å². The van der Waals surface area contributed by atoms with Crippen LogP contribution in [0.2, 0.25) is 0 Å². The third-order valence-corrected chi connectivity index (χ3v) is 3.01. The highest BCUT2D eigenvalue weighted by atomic mass is 35.5. The Kier molecular flexibility index (Phi) is 5.22. The van der Waals surface area contributed by atoms with Gasteiger partial charge in [0.25, 0.3) is 0 Å². The molecule has 4 nitrogen and oxygen atoms in total. The molecule has 1 heterocycles. The summed E-state index contributed by atoms with van der Waals surface area (Å²) in [5.74, 6) is -2.37. The van der Waals surface area contributed by atoms with E-state index in [9.17, 15) is 13.6 Å². The monoisotopic (exact) mass is 292 g/mol. The molecule has 0 unspecified atom stereocenters. The molecule has 1 amide bonds. The predicted molar refractivity (Wildman–Crippen MR) is 69.2 cm³/mol. The molecule has 1 aromatic rings. The lowest BCUT2D eigenvalue weighted by molar-refractivity contribution is -0.124. The summed E-state index contributed by atoms with van der Waals surface area (Å²) in [7, 11) is 0. The lowest BCUT2D eigenvalue weighted by atomic mass is 9.90. The molecule has 1 saturated heterocycles. The molecule has 0 aromatic heterocycles. The van der Waals surface area contributed by atoms with Crippen LogP contribution in [0.3, 0.4) is 0 Å². The van der Waals surface area contributed by atoms with Gasteiger partial charge in [0.05, 0.1) is 0 Å². The van der Waals surface area contributed by atoms with Crippen LogP contribution in [0, 0.1) is 11.6 Å². The molecule has 3 N–H and O–H groups in total. The number of nitrogens with one attached hydrogen (secondary N) is 1. The van der Waals surface area contributed by atoms with Gasteiger partial charge in [-0.05, 0) is 25.0 Å². The summed E-state index contributed by atoms with van der Waals surface area (Å²) in [6.45, 7) is 0.837. The smallest absolute Gasteiger partial charge is 0.244 e. The van der Waals surface area contributed by atoms with Crippen molar-refractivity contribution in [2.24, 2.45) is 5.73 Å². The largest absolute Gasteiger partial charge is 0.381 e. The second-order valence-corrected chi connectivity index (χ2v) is 4.35. The Morgan fingerprint density at radius 1 is 1.26 bits per heavy atom. The van der Waals surface area contributed by atoms with Crippen LogP contribution < -0.4 is 11.1 Å². The van der Waals surface area contributed by atoms with Gasteiger partial charge in [0.1, 0.15) is 5.54 Å². The second kappa shape index (κ2) is 6.27. The fourth-order valence-corrected chi connectivity index (χ4v) is 1.79. The van der Waals surface area contributed by atoms with E-state index in [1.165, 1.54) is 6.07 Å². The van der Waals surface area contributed by atoms with Gasteiger partial charge in [-0.2, -0.15) is 0 Å². The molecular weight excluding hydrogens is 278 g/mol. The third-order valence-electron chi connectivity index (χ3n) is 3.01. The van der Waals surface area contributed by atoms with Crippen molar-refractivity contribution in [3.8, 4) is 0 Å². The number of rotatable bonds is 2. The Bertz CT molecular complexity index is 465. The van der Waals surface area contributed by atoms with Gasteiger partial charge in [-0.3, -0.25) is 4.79 Å². The van der Waals surface area contributed by atoms with E-state index >= 15 is 0 Å². The minimum atomic E-state index is -1.01. The third kappa shape index (κ3) is 3.62. The van der Waals surface area contributed by atoms with Crippen molar-refractivity contribution < 1.29 is 18.3 Å². The summed E-state index contributed by atoms with van der Waals surface area (Å²) in [5, 5.41) is 2.49. The molecule has 1 aliphatic heterocycles. The minimum Gasteiger partial charge on any atom is -0.381 e. The van der Waals surface area contributed by atoms with Crippen molar-refractivity contribution in [1.82, 2.24) is 0 Å². The molecule has 0 radical (unpaired) electrons. The highest BCUT2D eigenvalue weighted by Gasteiger charge is 2.35. The van der Waals surface area contributed by atoms with Crippen LogP contribution in [-0.2, 0) is 9.53 Å². The molecule has 0 saturated carbocycles. The Hall–Kier alpha value is -1.24. The molecular formula is C12H15ClF2N2O2. The number of ether oxygens (including phenoxy) is 1. The van der Waals surface area contributed by atoms with Crippen LogP contribution >= 0.6 is 12.4 Å². The molecule has 2 rings (SSSR count). The van der Waals surface area contributed by atoms with Gasteiger partial charge < -0.3 is 15.8 Å².